The van der Waals surface area contributed by atoms with Crippen molar-refractivity contribution < 1.29 is 0 Å². The lowest BCUT2D eigenvalue weighted by molar-refractivity contribution is 0.119. The Labute approximate surface area is 106 Å². The van der Waals surface area contributed by atoms with Crippen LogP contribution in [0.2, 0.25) is 4.34 Å². The summed E-state index contributed by atoms with van der Waals surface area (Å²) in [6.45, 7) is 1.73. The maximum absolute atomic E-state index is 5.93. The monoisotopic (exact) mass is 258 g/mol. The van der Waals surface area contributed by atoms with E-state index in [1.807, 2.05) is 6.07 Å². The van der Waals surface area contributed by atoms with Crippen LogP contribution >= 0.6 is 22.9 Å². The Morgan fingerprint density at radius 2 is 2.31 bits per heavy atom. The lowest BCUT2D eigenvalue weighted by atomic mass is 9.79. The van der Waals surface area contributed by atoms with Gasteiger partial charge in [0, 0.05) is 24.0 Å². The molecule has 16 heavy (non-hydrogen) atoms. The van der Waals surface area contributed by atoms with Crippen molar-refractivity contribution in [3.8, 4) is 0 Å². The fraction of sp³-hybridized carbons (Fsp3) is 0.667. The summed E-state index contributed by atoms with van der Waals surface area (Å²) < 4.78 is 0.872. The zero-order chi connectivity index (χ0) is 11.5. The molecule has 0 aromatic carbocycles. The molecule has 0 saturated heterocycles. The van der Waals surface area contributed by atoms with Crippen molar-refractivity contribution >= 4 is 22.9 Å². The highest BCUT2D eigenvalue weighted by Crippen LogP contribution is 2.32. The molecule has 2 rings (SSSR count). The van der Waals surface area contributed by atoms with Gasteiger partial charge in [-0.05, 0) is 37.9 Å². The largest absolute Gasteiger partial charge is 0.329 e. The summed E-state index contributed by atoms with van der Waals surface area (Å²) in [6.07, 6.45) is 4.06. The predicted molar refractivity (Wildman–Crippen MR) is 71.0 cm³/mol. The third-order valence-electron chi connectivity index (χ3n) is 3.54. The van der Waals surface area contributed by atoms with E-state index in [-0.39, 0.29) is 0 Å². The molecule has 1 unspecified atom stereocenters. The van der Waals surface area contributed by atoms with E-state index in [0.717, 1.165) is 23.3 Å². The normalized spacial score (nSPS) is 18.8. The van der Waals surface area contributed by atoms with Gasteiger partial charge in [0.2, 0.25) is 0 Å². The van der Waals surface area contributed by atoms with Crippen LogP contribution in [0, 0.1) is 5.92 Å². The topological polar surface area (TPSA) is 29.3 Å². The van der Waals surface area contributed by atoms with Gasteiger partial charge >= 0.3 is 0 Å². The highest BCUT2D eigenvalue weighted by molar-refractivity contribution is 7.16. The van der Waals surface area contributed by atoms with Gasteiger partial charge in [-0.2, -0.15) is 0 Å². The molecule has 0 amide bonds. The number of likely N-dealkylation sites (N-methyl/N-ethyl adjacent to an activating group) is 1. The minimum atomic E-state index is 0.537. The SMILES string of the molecule is CN(Cc1ccc(Cl)s1)C(CN)C1CCC1. The molecule has 0 aliphatic heterocycles. The summed E-state index contributed by atoms with van der Waals surface area (Å²) in [5, 5.41) is 0. The van der Waals surface area contributed by atoms with Crippen LogP contribution in [0.5, 0.6) is 0 Å². The Morgan fingerprint density at radius 1 is 1.56 bits per heavy atom. The van der Waals surface area contributed by atoms with Gasteiger partial charge in [0.05, 0.1) is 4.34 Å². The molecule has 1 heterocycles. The molecule has 0 spiro atoms. The van der Waals surface area contributed by atoms with Crippen molar-refractivity contribution in [3.05, 3.63) is 21.3 Å². The number of hydrogen-bond acceptors (Lipinski definition) is 3. The third-order valence-corrected chi connectivity index (χ3v) is 4.75. The van der Waals surface area contributed by atoms with Crippen LogP contribution in [0.15, 0.2) is 12.1 Å². The van der Waals surface area contributed by atoms with Crippen LogP contribution in [0.3, 0.4) is 0 Å². The van der Waals surface area contributed by atoms with E-state index in [9.17, 15) is 0 Å². The lowest BCUT2D eigenvalue weighted by Gasteiger charge is -2.38. The van der Waals surface area contributed by atoms with Crippen molar-refractivity contribution in [1.82, 2.24) is 4.90 Å². The maximum Gasteiger partial charge on any atom is 0.0931 e. The van der Waals surface area contributed by atoms with Crippen LogP contribution in [-0.4, -0.2) is 24.5 Å². The molecule has 1 aliphatic carbocycles. The van der Waals surface area contributed by atoms with Crippen LogP contribution in [0.4, 0.5) is 0 Å². The molecular formula is C12H19ClN2S. The van der Waals surface area contributed by atoms with Gasteiger partial charge in [0.15, 0.2) is 0 Å². The first kappa shape index (κ1) is 12.4. The number of nitrogens with two attached hydrogens (primary N) is 1. The first-order valence-corrected chi connectivity index (χ1v) is 7.04. The van der Waals surface area contributed by atoms with E-state index in [4.69, 9.17) is 17.3 Å². The average molecular weight is 259 g/mol. The number of thiophene rings is 1. The zero-order valence-corrected chi connectivity index (χ0v) is 11.2. The molecule has 1 aromatic rings. The van der Waals surface area contributed by atoms with Gasteiger partial charge in [0.25, 0.3) is 0 Å². The third kappa shape index (κ3) is 2.77. The molecule has 1 fully saturated rings. The summed E-state index contributed by atoms with van der Waals surface area (Å²) in [5.74, 6) is 0.811. The molecule has 4 heteroatoms. The van der Waals surface area contributed by atoms with E-state index in [2.05, 4.69) is 18.0 Å². The number of halogens is 1. The molecule has 1 aromatic heterocycles. The summed E-state index contributed by atoms with van der Waals surface area (Å²) in [7, 11) is 2.17. The van der Waals surface area contributed by atoms with Crippen LogP contribution < -0.4 is 5.73 Å². The molecular weight excluding hydrogens is 240 g/mol. The van der Waals surface area contributed by atoms with Crippen LogP contribution in [-0.2, 0) is 6.54 Å². The minimum absolute atomic E-state index is 0.537. The van der Waals surface area contributed by atoms with Crippen molar-refractivity contribution in [2.75, 3.05) is 13.6 Å². The predicted octanol–water partition coefficient (Wildman–Crippen LogP) is 2.96. The molecule has 2 N–H and O–H groups in total. The Kier molecular flexibility index (Phi) is 4.25. The second-order valence-electron chi connectivity index (χ2n) is 4.61. The standard InChI is InChI=1S/C12H19ClN2S/c1-15(8-10-5-6-12(13)16-10)11(7-14)9-3-2-4-9/h5-6,9,11H,2-4,7-8,14H2,1H3. The summed E-state index contributed by atoms with van der Waals surface area (Å²) >= 11 is 7.60. The van der Waals surface area contributed by atoms with Gasteiger partial charge in [-0.3, -0.25) is 4.90 Å². The summed E-state index contributed by atoms with van der Waals surface area (Å²) in [5.41, 5.74) is 5.88. The Balaban J connectivity index is 1.92. The first-order valence-electron chi connectivity index (χ1n) is 5.85. The van der Waals surface area contributed by atoms with Crippen molar-refractivity contribution in [3.63, 3.8) is 0 Å². The molecule has 0 bridgehead atoms. The highest BCUT2D eigenvalue weighted by Gasteiger charge is 2.29. The fourth-order valence-electron chi connectivity index (χ4n) is 2.36. The Morgan fingerprint density at radius 3 is 2.75 bits per heavy atom. The second kappa shape index (κ2) is 5.50. The lowest BCUT2D eigenvalue weighted by Crippen LogP contribution is -2.45. The van der Waals surface area contributed by atoms with E-state index < -0.39 is 0 Å². The van der Waals surface area contributed by atoms with Gasteiger partial charge in [-0.1, -0.05) is 18.0 Å². The first-order chi connectivity index (χ1) is 7.70. The maximum atomic E-state index is 5.93. The quantitative estimate of drug-likeness (QED) is 0.880. The molecule has 1 saturated carbocycles. The van der Waals surface area contributed by atoms with Crippen molar-refractivity contribution in [2.24, 2.45) is 11.7 Å². The number of rotatable bonds is 5. The van der Waals surface area contributed by atoms with Gasteiger partial charge in [0.1, 0.15) is 0 Å². The highest BCUT2D eigenvalue weighted by atomic mass is 35.5. The molecule has 0 radical (unpaired) electrons. The van der Waals surface area contributed by atoms with Gasteiger partial charge in [-0.25, -0.2) is 0 Å². The number of nitrogens with zero attached hydrogens (tertiary/aromatic N) is 1. The van der Waals surface area contributed by atoms with Gasteiger partial charge in [-0.15, -0.1) is 11.3 Å². The average Bonchev–Trinajstić information content (AvgIpc) is 2.56. The minimum Gasteiger partial charge on any atom is -0.329 e. The second-order valence-corrected chi connectivity index (χ2v) is 6.41. The van der Waals surface area contributed by atoms with E-state index in [1.54, 1.807) is 11.3 Å². The zero-order valence-electron chi connectivity index (χ0n) is 9.66. The van der Waals surface area contributed by atoms with Gasteiger partial charge < -0.3 is 5.73 Å². The van der Waals surface area contributed by atoms with Crippen LogP contribution in [0.1, 0.15) is 24.1 Å². The Hall–Kier alpha value is -0.0900. The number of hydrogen-bond donors (Lipinski definition) is 1. The van der Waals surface area contributed by atoms with E-state index in [0.29, 0.717) is 6.04 Å². The fourth-order valence-corrected chi connectivity index (χ4v) is 3.51. The van der Waals surface area contributed by atoms with E-state index >= 15 is 0 Å². The summed E-state index contributed by atoms with van der Waals surface area (Å²) in [4.78, 5) is 3.71. The smallest absolute Gasteiger partial charge is 0.0931 e. The van der Waals surface area contributed by atoms with Crippen LogP contribution in [0.25, 0.3) is 0 Å². The summed E-state index contributed by atoms with van der Waals surface area (Å²) in [6, 6.07) is 4.61. The molecule has 2 nitrogen and oxygen atoms in total. The van der Waals surface area contributed by atoms with Crippen molar-refractivity contribution in [1.29, 1.82) is 0 Å². The van der Waals surface area contributed by atoms with Crippen molar-refractivity contribution in [2.45, 2.75) is 31.8 Å². The molecule has 90 valence electrons. The Bertz CT molecular complexity index is 336. The molecule has 1 aliphatic rings. The van der Waals surface area contributed by atoms with E-state index in [1.165, 1.54) is 24.1 Å². The molecule has 1 atom stereocenters.